The lowest BCUT2D eigenvalue weighted by Gasteiger charge is -2.30. The molecule has 0 bridgehead atoms. The van der Waals surface area contributed by atoms with Gasteiger partial charge in [-0.05, 0) is 59.8 Å². The number of aromatic nitrogens is 1. The fourth-order valence-electron chi connectivity index (χ4n) is 2.75. The van der Waals surface area contributed by atoms with E-state index in [1.54, 1.807) is 0 Å². The Morgan fingerprint density at radius 2 is 2.29 bits per heavy atom. The van der Waals surface area contributed by atoms with Gasteiger partial charge in [-0.2, -0.15) is 0 Å². The predicted molar refractivity (Wildman–Crippen MR) is 75.3 cm³/mol. The Morgan fingerprint density at radius 3 is 2.94 bits per heavy atom. The van der Waals surface area contributed by atoms with Gasteiger partial charge in [0.25, 0.3) is 0 Å². The Kier molecular flexibility index (Phi) is 4.05. The Morgan fingerprint density at radius 1 is 1.53 bits per heavy atom. The largest absolute Gasteiger partial charge is 0.355 e. The first-order valence-electron chi connectivity index (χ1n) is 6.18. The maximum Gasteiger partial charge on any atom is 0.142 e. The normalized spacial score (nSPS) is 24.0. The highest BCUT2D eigenvalue weighted by Gasteiger charge is 2.30. The van der Waals surface area contributed by atoms with Crippen LogP contribution in [-0.4, -0.2) is 24.6 Å². The van der Waals surface area contributed by atoms with Crippen molar-refractivity contribution in [3.8, 4) is 0 Å². The van der Waals surface area contributed by atoms with Gasteiger partial charge in [0.05, 0.1) is 4.47 Å². The first kappa shape index (κ1) is 12.8. The van der Waals surface area contributed by atoms with Crippen LogP contribution in [0.1, 0.15) is 24.8 Å². The second kappa shape index (κ2) is 5.36. The van der Waals surface area contributed by atoms with Crippen LogP contribution in [0.15, 0.2) is 16.7 Å². The summed E-state index contributed by atoms with van der Waals surface area (Å²) < 4.78 is 1.07. The number of nitrogens with zero attached hydrogens (tertiary/aromatic N) is 2. The molecule has 0 saturated heterocycles. The van der Waals surface area contributed by atoms with Crippen molar-refractivity contribution < 1.29 is 0 Å². The van der Waals surface area contributed by atoms with E-state index in [4.69, 9.17) is 5.73 Å². The minimum absolute atomic E-state index is 0.534. The molecular formula is C13H20BrN3. The molecule has 2 rings (SSSR count). The zero-order chi connectivity index (χ0) is 12.4. The average Bonchev–Trinajstić information content (AvgIpc) is 2.76. The van der Waals surface area contributed by atoms with E-state index in [0.717, 1.165) is 16.8 Å². The summed E-state index contributed by atoms with van der Waals surface area (Å²) in [5.74, 6) is 1.64. The van der Waals surface area contributed by atoms with E-state index in [1.165, 1.54) is 24.8 Å². The highest BCUT2D eigenvalue weighted by Crippen LogP contribution is 2.33. The van der Waals surface area contributed by atoms with Crippen LogP contribution in [0, 0.1) is 12.8 Å². The number of hydrogen-bond acceptors (Lipinski definition) is 3. The van der Waals surface area contributed by atoms with Gasteiger partial charge in [-0.1, -0.05) is 6.42 Å². The molecule has 0 aliphatic heterocycles. The fraction of sp³-hybridized carbons (Fsp3) is 0.615. The van der Waals surface area contributed by atoms with Gasteiger partial charge >= 0.3 is 0 Å². The second-order valence-electron chi connectivity index (χ2n) is 4.92. The summed E-state index contributed by atoms with van der Waals surface area (Å²) in [6, 6.07) is 2.65. The number of nitrogens with two attached hydrogens (primary N) is 1. The van der Waals surface area contributed by atoms with E-state index in [0.29, 0.717) is 12.0 Å². The molecule has 1 aromatic heterocycles. The third-order valence-electron chi connectivity index (χ3n) is 3.71. The molecule has 0 amide bonds. The topological polar surface area (TPSA) is 42.2 Å². The molecule has 17 heavy (non-hydrogen) atoms. The van der Waals surface area contributed by atoms with Crippen LogP contribution in [-0.2, 0) is 0 Å². The summed E-state index contributed by atoms with van der Waals surface area (Å²) >= 11 is 3.60. The molecule has 3 nitrogen and oxygen atoms in total. The Bertz CT molecular complexity index is 394. The second-order valence-corrected chi connectivity index (χ2v) is 5.78. The van der Waals surface area contributed by atoms with E-state index < -0.39 is 0 Å². The molecule has 2 unspecified atom stereocenters. The van der Waals surface area contributed by atoms with Crippen LogP contribution in [0.25, 0.3) is 0 Å². The number of pyridine rings is 1. The number of rotatable bonds is 3. The van der Waals surface area contributed by atoms with Crippen molar-refractivity contribution >= 4 is 21.7 Å². The lowest BCUT2D eigenvalue weighted by molar-refractivity contribution is 0.472. The summed E-state index contributed by atoms with van der Waals surface area (Å²) in [5.41, 5.74) is 7.02. The van der Waals surface area contributed by atoms with Crippen molar-refractivity contribution in [1.29, 1.82) is 0 Å². The highest BCUT2D eigenvalue weighted by molar-refractivity contribution is 9.10. The van der Waals surface area contributed by atoms with E-state index >= 15 is 0 Å². The van der Waals surface area contributed by atoms with Gasteiger partial charge in [0.2, 0.25) is 0 Å². The van der Waals surface area contributed by atoms with Crippen LogP contribution < -0.4 is 10.6 Å². The fourth-order valence-corrected chi connectivity index (χ4v) is 3.49. The van der Waals surface area contributed by atoms with Crippen LogP contribution in [0.3, 0.4) is 0 Å². The first-order chi connectivity index (χ1) is 8.13. The van der Waals surface area contributed by atoms with Crippen LogP contribution in [0.5, 0.6) is 0 Å². The summed E-state index contributed by atoms with van der Waals surface area (Å²) in [4.78, 5) is 6.82. The molecular weight excluding hydrogens is 278 g/mol. The summed E-state index contributed by atoms with van der Waals surface area (Å²) in [5, 5.41) is 0. The molecule has 1 aliphatic rings. The van der Waals surface area contributed by atoms with E-state index in [9.17, 15) is 0 Å². The van der Waals surface area contributed by atoms with Gasteiger partial charge in [0, 0.05) is 19.3 Å². The Labute approximate surface area is 112 Å². The van der Waals surface area contributed by atoms with Crippen molar-refractivity contribution in [1.82, 2.24) is 4.98 Å². The zero-order valence-electron chi connectivity index (χ0n) is 10.5. The number of aryl methyl sites for hydroxylation is 1. The molecule has 0 spiro atoms. The molecule has 2 N–H and O–H groups in total. The van der Waals surface area contributed by atoms with Gasteiger partial charge in [-0.25, -0.2) is 4.98 Å². The van der Waals surface area contributed by atoms with Crippen LogP contribution >= 0.6 is 15.9 Å². The number of anilines is 1. The van der Waals surface area contributed by atoms with Crippen LogP contribution in [0.2, 0.25) is 0 Å². The molecule has 1 fully saturated rings. The summed E-state index contributed by atoms with van der Waals surface area (Å²) in [7, 11) is 2.13. The maximum absolute atomic E-state index is 5.84. The SMILES string of the molecule is Cc1cnc(N(C)C2CCCC2CN)c(Br)c1. The number of hydrogen-bond donors (Lipinski definition) is 1. The minimum atomic E-state index is 0.534. The summed E-state index contributed by atoms with van der Waals surface area (Å²) in [6.45, 7) is 2.83. The van der Waals surface area contributed by atoms with Crippen molar-refractivity contribution in [2.45, 2.75) is 32.2 Å². The van der Waals surface area contributed by atoms with Gasteiger partial charge in [-0.3, -0.25) is 0 Å². The molecule has 1 aliphatic carbocycles. The molecule has 94 valence electrons. The van der Waals surface area contributed by atoms with Gasteiger partial charge < -0.3 is 10.6 Å². The lowest BCUT2D eigenvalue weighted by Crippen LogP contribution is -2.38. The summed E-state index contributed by atoms with van der Waals surface area (Å²) in [6.07, 6.45) is 5.67. The molecule has 1 saturated carbocycles. The quantitative estimate of drug-likeness (QED) is 0.933. The Balaban J connectivity index is 2.21. The van der Waals surface area contributed by atoms with Crippen molar-refractivity contribution in [3.05, 3.63) is 22.3 Å². The first-order valence-corrected chi connectivity index (χ1v) is 6.98. The van der Waals surface area contributed by atoms with Crippen molar-refractivity contribution in [2.24, 2.45) is 11.7 Å². The predicted octanol–water partition coefficient (Wildman–Crippen LogP) is 2.72. The molecule has 0 radical (unpaired) electrons. The van der Waals surface area contributed by atoms with Crippen molar-refractivity contribution in [2.75, 3.05) is 18.5 Å². The van der Waals surface area contributed by atoms with E-state index in [1.807, 2.05) is 6.20 Å². The van der Waals surface area contributed by atoms with Crippen LogP contribution in [0.4, 0.5) is 5.82 Å². The molecule has 4 heteroatoms. The third kappa shape index (κ3) is 2.63. The monoisotopic (exact) mass is 297 g/mol. The Hall–Kier alpha value is -0.610. The third-order valence-corrected chi connectivity index (χ3v) is 4.30. The van der Waals surface area contributed by atoms with Gasteiger partial charge in [0.1, 0.15) is 5.82 Å². The molecule has 0 aromatic carbocycles. The molecule has 2 atom stereocenters. The minimum Gasteiger partial charge on any atom is -0.355 e. The van der Waals surface area contributed by atoms with Gasteiger partial charge in [0.15, 0.2) is 0 Å². The maximum atomic E-state index is 5.84. The lowest BCUT2D eigenvalue weighted by atomic mass is 10.0. The van der Waals surface area contributed by atoms with E-state index in [-0.39, 0.29) is 0 Å². The standard InChI is InChI=1S/C13H20BrN3/c1-9-6-11(14)13(16-8-9)17(2)12-5-3-4-10(12)7-15/h6,8,10,12H,3-5,7,15H2,1-2H3. The zero-order valence-corrected chi connectivity index (χ0v) is 12.1. The number of halogens is 1. The average molecular weight is 298 g/mol. The van der Waals surface area contributed by atoms with Crippen molar-refractivity contribution in [3.63, 3.8) is 0 Å². The highest BCUT2D eigenvalue weighted by atomic mass is 79.9. The van der Waals surface area contributed by atoms with Gasteiger partial charge in [-0.15, -0.1) is 0 Å². The molecule has 1 heterocycles. The van der Waals surface area contributed by atoms with E-state index in [2.05, 4.69) is 45.9 Å². The smallest absolute Gasteiger partial charge is 0.142 e. The molecule has 1 aromatic rings.